The van der Waals surface area contributed by atoms with Crippen molar-refractivity contribution in [3.8, 4) is 0 Å². The van der Waals surface area contributed by atoms with Crippen LogP contribution in [-0.4, -0.2) is 0 Å². The van der Waals surface area contributed by atoms with Crippen LogP contribution in [-0.2, 0) is 6.42 Å². The molecule has 0 fully saturated rings. The quantitative estimate of drug-likeness (QED) is 0.746. The molecule has 0 amide bonds. The van der Waals surface area contributed by atoms with Crippen molar-refractivity contribution in [2.75, 3.05) is 0 Å². The lowest BCUT2D eigenvalue weighted by Gasteiger charge is -2.29. The van der Waals surface area contributed by atoms with E-state index in [1.807, 2.05) is 18.2 Å². The van der Waals surface area contributed by atoms with Crippen LogP contribution in [0.4, 0.5) is 0 Å². The van der Waals surface area contributed by atoms with Crippen molar-refractivity contribution >= 4 is 11.0 Å². The maximum atomic E-state index is 6.55. The third-order valence-corrected chi connectivity index (χ3v) is 4.62. The van der Waals surface area contributed by atoms with Gasteiger partial charge in [0.05, 0.1) is 6.04 Å². The molecular formula is C19H19NO. The van der Waals surface area contributed by atoms with Crippen LogP contribution in [0.3, 0.4) is 0 Å². The number of nitrogens with two attached hydrogens (primary N) is 1. The van der Waals surface area contributed by atoms with E-state index in [-0.39, 0.29) is 6.04 Å². The molecule has 1 aliphatic rings. The first kappa shape index (κ1) is 12.7. The van der Waals surface area contributed by atoms with Gasteiger partial charge in [-0.1, -0.05) is 42.5 Å². The zero-order chi connectivity index (χ0) is 14.2. The minimum absolute atomic E-state index is 0.0705. The first-order chi connectivity index (χ1) is 10.3. The fourth-order valence-electron chi connectivity index (χ4n) is 3.53. The van der Waals surface area contributed by atoms with Crippen LogP contribution < -0.4 is 5.73 Å². The van der Waals surface area contributed by atoms with Gasteiger partial charge in [0, 0.05) is 11.3 Å². The number of para-hydroxylation sites is 1. The van der Waals surface area contributed by atoms with Gasteiger partial charge in [-0.2, -0.15) is 0 Å². The normalized spacial score (nSPS) is 19.4. The average Bonchev–Trinajstić information content (AvgIpc) is 2.97. The molecule has 0 bridgehead atoms. The Morgan fingerprint density at radius 2 is 1.86 bits per heavy atom. The van der Waals surface area contributed by atoms with E-state index < -0.39 is 0 Å². The summed E-state index contributed by atoms with van der Waals surface area (Å²) in [6.45, 7) is 0. The summed E-state index contributed by atoms with van der Waals surface area (Å²) in [6, 6.07) is 18.8. The van der Waals surface area contributed by atoms with Gasteiger partial charge in [-0.05, 0) is 42.5 Å². The molecule has 2 unspecified atom stereocenters. The Hall–Kier alpha value is -2.06. The van der Waals surface area contributed by atoms with Gasteiger partial charge < -0.3 is 10.2 Å². The highest BCUT2D eigenvalue weighted by molar-refractivity contribution is 5.77. The van der Waals surface area contributed by atoms with Gasteiger partial charge in [0.25, 0.3) is 0 Å². The summed E-state index contributed by atoms with van der Waals surface area (Å²) in [6.07, 6.45) is 3.50. The molecule has 3 aromatic rings. The summed E-state index contributed by atoms with van der Waals surface area (Å²) in [5, 5.41) is 1.13. The van der Waals surface area contributed by atoms with Crippen LogP contribution in [0.25, 0.3) is 11.0 Å². The van der Waals surface area contributed by atoms with Crippen LogP contribution in [0.5, 0.6) is 0 Å². The summed E-state index contributed by atoms with van der Waals surface area (Å²) in [7, 11) is 0. The lowest BCUT2D eigenvalue weighted by Crippen LogP contribution is -2.23. The molecule has 1 aromatic heterocycles. The lowest BCUT2D eigenvalue weighted by molar-refractivity contribution is 0.408. The standard InChI is InChI=1S/C19H19NO/c20-19(18-12-14-7-2-4-11-17(14)21-18)16-10-5-8-13-6-1-3-9-15(13)16/h1-4,6-7,9,11-12,16,19H,5,8,10,20H2. The molecule has 21 heavy (non-hydrogen) atoms. The number of benzene rings is 2. The number of aryl methyl sites for hydroxylation is 1. The first-order valence-corrected chi connectivity index (χ1v) is 7.65. The topological polar surface area (TPSA) is 39.2 Å². The third-order valence-electron chi connectivity index (χ3n) is 4.62. The molecule has 2 nitrogen and oxygen atoms in total. The molecule has 0 spiro atoms. The molecule has 106 valence electrons. The number of rotatable bonds is 2. The largest absolute Gasteiger partial charge is 0.459 e. The minimum Gasteiger partial charge on any atom is -0.459 e. The SMILES string of the molecule is NC(c1cc2ccccc2o1)C1CCCc2ccccc21. The summed E-state index contributed by atoms with van der Waals surface area (Å²) < 4.78 is 5.97. The summed E-state index contributed by atoms with van der Waals surface area (Å²) in [5.74, 6) is 1.26. The molecule has 0 aliphatic heterocycles. The predicted molar refractivity (Wildman–Crippen MR) is 85.3 cm³/mol. The maximum Gasteiger partial charge on any atom is 0.134 e. The fraction of sp³-hybridized carbons (Fsp3) is 0.263. The molecule has 2 aromatic carbocycles. The predicted octanol–water partition coefficient (Wildman–Crippen LogP) is 4.55. The highest BCUT2D eigenvalue weighted by Gasteiger charge is 2.28. The zero-order valence-corrected chi connectivity index (χ0v) is 12.0. The highest BCUT2D eigenvalue weighted by Crippen LogP contribution is 2.40. The second kappa shape index (κ2) is 5.05. The van der Waals surface area contributed by atoms with Gasteiger partial charge in [0.15, 0.2) is 0 Å². The van der Waals surface area contributed by atoms with Crippen molar-refractivity contribution in [3.63, 3.8) is 0 Å². The second-order valence-corrected chi connectivity index (χ2v) is 5.91. The van der Waals surface area contributed by atoms with Gasteiger partial charge in [-0.25, -0.2) is 0 Å². The van der Waals surface area contributed by atoms with Crippen molar-refractivity contribution in [1.82, 2.24) is 0 Å². The van der Waals surface area contributed by atoms with Crippen LogP contribution in [0.15, 0.2) is 59.0 Å². The zero-order valence-electron chi connectivity index (χ0n) is 12.0. The van der Waals surface area contributed by atoms with Crippen molar-refractivity contribution in [3.05, 3.63) is 71.5 Å². The van der Waals surface area contributed by atoms with E-state index in [0.717, 1.165) is 23.2 Å². The lowest BCUT2D eigenvalue weighted by atomic mass is 9.78. The number of hydrogen-bond acceptors (Lipinski definition) is 2. The van der Waals surface area contributed by atoms with E-state index in [9.17, 15) is 0 Å². The molecule has 1 aliphatic carbocycles. The van der Waals surface area contributed by atoms with E-state index in [1.54, 1.807) is 0 Å². The maximum absolute atomic E-state index is 6.55. The smallest absolute Gasteiger partial charge is 0.134 e. The molecule has 1 heterocycles. The molecule has 0 radical (unpaired) electrons. The number of fused-ring (bicyclic) bond motifs is 2. The Morgan fingerprint density at radius 3 is 2.76 bits per heavy atom. The Kier molecular flexibility index (Phi) is 3.04. The van der Waals surface area contributed by atoms with Gasteiger partial charge in [-0.3, -0.25) is 0 Å². The van der Waals surface area contributed by atoms with E-state index in [2.05, 4.69) is 36.4 Å². The second-order valence-electron chi connectivity index (χ2n) is 5.91. The minimum atomic E-state index is -0.0705. The monoisotopic (exact) mass is 277 g/mol. The Bertz CT molecular complexity index is 741. The Morgan fingerprint density at radius 1 is 1.05 bits per heavy atom. The molecule has 2 atom stereocenters. The highest BCUT2D eigenvalue weighted by atomic mass is 16.3. The third kappa shape index (κ3) is 2.16. The van der Waals surface area contributed by atoms with Crippen molar-refractivity contribution in [2.45, 2.75) is 31.2 Å². The number of furan rings is 1. The van der Waals surface area contributed by atoms with Gasteiger partial charge in [0.2, 0.25) is 0 Å². The average molecular weight is 277 g/mol. The van der Waals surface area contributed by atoms with Crippen LogP contribution in [0.1, 0.15) is 41.7 Å². The van der Waals surface area contributed by atoms with Gasteiger partial charge >= 0.3 is 0 Å². The Balaban J connectivity index is 1.73. The van der Waals surface area contributed by atoms with Gasteiger partial charge in [-0.15, -0.1) is 0 Å². The van der Waals surface area contributed by atoms with Crippen LogP contribution >= 0.6 is 0 Å². The fourth-order valence-corrected chi connectivity index (χ4v) is 3.53. The summed E-state index contributed by atoms with van der Waals surface area (Å²) in [4.78, 5) is 0. The molecule has 2 heteroatoms. The Labute approximate surface area is 124 Å². The van der Waals surface area contributed by atoms with Crippen LogP contribution in [0, 0.1) is 0 Å². The van der Waals surface area contributed by atoms with E-state index in [1.165, 1.54) is 24.0 Å². The number of hydrogen-bond donors (Lipinski definition) is 1. The summed E-state index contributed by atoms with van der Waals surface area (Å²) in [5.41, 5.74) is 10.3. The molecule has 0 saturated heterocycles. The molecule has 0 saturated carbocycles. The summed E-state index contributed by atoms with van der Waals surface area (Å²) >= 11 is 0. The molecule has 4 rings (SSSR count). The van der Waals surface area contributed by atoms with Crippen molar-refractivity contribution in [2.24, 2.45) is 5.73 Å². The van der Waals surface area contributed by atoms with E-state index in [0.29, 0.717) is 5.92 Å². The molecule has 2 N–H and O–H groups in total. The van der Waals surface area contributed by atoms with E-state index in [4.69, 9.17) is 10.2 Å². The van der Waals surface area contributed by atoms with Crippen molar-refractivity contribution < 1.29 is 4.42 Å². The van der Waals surface area contributed by atoms with Crippen molar-refractivity contribution in [1.29, 1.82) is 0 Å². The molecular weight excluding hydrogens is 258 g/mol. The van der Waals surface area contributed by atoms with Crippen LogP contribution in [0.2, 0.25) is 0 Å². The van der Waals surface area contributed by atoms with E-state index >= 15 is 0 Å². The van der Waals surface area contributed by atoms with Gasteiger partial charge in [0.1, 0.15) is 11.3 Å². The first-order valence-electron chi connectivity index (χ1n) is 7.65.